The molecule has 2 heterocycles. The minimum atomic E-state index is -0.591. The van der Waals surface area contributed by atoms with Crippen LogP contribution < -0.4 is 11.3 Å². The molecule has 0 saturated heterocycles. The summed E-state index contributed by atoms with van der Waals surface area (Å²) in [6, 6.07) is 9.21. The summed E-state index contributed by atoms with van der Waals surface area (Å²) in [5.41, 5.74) is 7.27. The van der Waals surface area contributed by atoms with E-state index < -0.39 is 23.4 Å². The van der Waals surface area contributed by atoms with Gasteiger partial charge in [0, 0.05) is 29.5 Å². The number of primary amides is 1. The van der Waals surface area contributed by atoms with Gasteiger partial charge < -0.3 is 15.6 Å². The van der Waals surface area contributed by atoms with Gasteiger partial charge in [-0.25, -0.2) is 0 Å². The normalized spacial score (nSPS) is 12.0. The van der Waals surface area contributed by atoms with Gasteiger partial charge >= 0.3 is 5.97 Å². The highest BCUT2D eigenvalue weighted by Crippen LogP contribution is 2.30. The first-order chi connectivity index (χ1) is 13.0. The second-order valence-electron chi connectivity index (χ2n) is 6.13. The number of aromatic amines is 2. The minimum Gasteiger partial charge on any atom is -0.466 e. The van der Waals surface area contributed by atoms with Crippen LogP contribution in [0.4, 0.5) is 0 Å². The summed E-state index contributed by atoms with van der Waals surface area (Å²) in [6.07, 6.45) is 1.52. The maximum atomic E-state index is 12.4. The van der Waals surface area contributed by atoms with E-state index in [4.69, 9.17) is 10.5 Å². The van der Waals surface area contributed by atoms with E-state index in [-0.39, 0.29) is 19.4 Å². The molecule has 1 atom stereocenters. The molecule has 0 aliphatic heterocycles. The number of pyridine rings is 1. The van der Waals surface area contributed by atoms with E-state index in [0.29, 0.717) is 11.3 Å². The predicted octanol–water partition coefficient (Wildman–Crippen LogP) is 1.36. The number of nitrogens with zero attached hydrogens (tertiary/aromatic N) is 1. The number of nitrogens with two attached hydrogens (primary N) is 1. The number of rotatable bonds is 7. The number of hydrogen-bond acceptors (Lipinski definition) is 5. The van der Waals surface area contributed by atoms with Crippen LogP contribution in [0.5, 0.6) is 0 Å². The Kier molecular flexibility index (Phi) is 5.35. The molecule has 4 N–H and O–H groups in total. The fraction of sp³-hybridized carbons (Fsp3) is 0.263. The average molecular weight is 368 g/mol. The summed E-state index contributed by atoms with van der Waals surface area (Å²) in [5, 5.41) is 6.09. The summed E-state index contributed by atoms with van der Waals surface area (Å²) in [6.45, 7) is 1.95. The molecular formula is C19H20N4O4. The fourth-order valence-corrected chi connectivity index (χ4v) is 3.17. The molecule has 2 aromatic heterocycles. The highest BCUT2D eigenvalue weighted by Gasteiger charge is 2.26. The minimum absolute atomic E-state index is 0.0669. The van der Waals surface area contributed by atoms with E-state index in [0.717, 1.165) is 16.5 Å². The second kappa shape index (κ2) is 7.86. The molecule has 0 aliphatic rings. The van der Waals surface area contributed by atoms with Crippen molar-refractivity contribution in [3.05, 3.63) is 63.7 Å². The predicted molar refractivity (Wildman–Crippen MR) is 99.1 cm³/mol. The molecule has 0 radical (unpaired) electrons. The van der Waals surface area contributed by atoms with Crippen molar-refractivity contribution < 1.29 is 14.3 Å². The molecular weight excluding hydrogens is 348 g/mol. The van der Waals surface area contributed by atoms with Gasteiger partial charge in [-0.15, -0.1) is 0 Å². The molecule has 1 amide bonds. The Bertz CT molecular complexity index is 1040. The van der Waals surface area contributed by atoms with Crippen LogP contribution in [0.2, 0.25) is 0 Å². The highest BCUT2D eigenvalue weighted by molar-refractivity contribution is 5.80. The number of nitrogens with one attached hydrogen (secondary N) is 2. The van der Waals surface area contributed by atoms with Gasteiger partial charge in [0.1, 0.15) is 0 Å². The van der Waals surface area contributed by atoms with Crippen LogP contribution in [0.15, 0.2) is 41.3 Å². The summed E-state index contributed by atoms with van der Waals surface area (Å²) in [5.74, 6) is -1.60. The molecule has 0 bridgehead atoms. The van der Waals surface area contributed by atoms with E-state index in [9.17, 15) is 14.4 Å². The van der Waals surface area contributed by atoms with Gasteiger partial charge in [0.2, 0.25) is 5.91 Å². The van der Waals surface area contributed by atoms with Crippen LogP contribution in [0.1, 0.15) is 36.1 Å². The standard InChI is InChI=1S/C19H20N4O4/c1-2-27-17(25)10-15-18(19(26)23-22-15)13(9-16(20)24)11-5-6-14-12(8-11)4-3-7-21-14/h3-8,13H,2,9-10H2,1H3,(H2,20,24)(H2,22,23,26)/t13-/m0/s1. The number of esters is 1. The Hall–Kier alpha value is -3.42. The van der Waals surface area contributed by atoms with Crippen LogP contribution in [-0.2, 0) is 20.7 Å². The van der Waals surface area contributed by atoms with Crippen molar-refractivity contribution in [3.8, 4) is 0 Å². The number of aromatic nitrogens is 3. The fourth-order valence-electron chi connectivity index (χ4n) is 3.17. The van der Waals surface area contributed by atoms with Crippen molar-refractivity contribution in [1.29, 1.82) is 0 Å². The van der Waals surface area contributed by atoms with Crippen LogP contribution in [0.25, 0.3) is 10.9 Å². The highest BCUT2D eigenvalue weighted by atomic mass is 16.5. The Labute approximate surface area is 154 Å². The molecule has 140 valence electrons. The number of benzene rings is 1. The van der Waals surface area contributed by atoms with Crippen LogP contribution in [-0.4, -0.2) is 33.7 Å². The first-order valence-corrected chi connectivity index (χ1v) is 8.57. The Morgan fingerprint density at radius 2 is 2.07 bits per heavy atom. The van der Waals surface area contributed by atoms with Gasteiger partial charge in [-0.3, -0.25) is 24.5 Å². The zero-order valence-electron chi connectivity index (χ0n) is 14.8. The summed E-state index contributed by atoms with van der Waals surface area (Å²) in [4.78, 5) is 40.3. The molecule has 8 nitrogen and oxygen atoms in total. The maximum absolute atomic E-state index is 12.4. The van der Waals surface area contributed by atoms with Gasteiger partial charge in [0.25, 0.3) is 5.56 Å². The largest absolute Gasteiger partial charge is 0.466 e. The Morgan fingerprint density at radius 1 is 1.26 bits per heavy atom. The summed E-state index contributed by atoms with van der Waals surface area (Å²) >= 11 is 0. The summed E-state index contributed by atoms with van der Waals surface area (Å²) in [7, 11) is 0. The van der Waals surface area contributed by atoms with Gasteiger partial charge in [-0.1, -0.05) is 12.1 Å². The third-order valence-corrected chi connectivity index (χ3v) is 4.31. The SMILES string of the molecule is CCOC(=O)Cc1[nH][nH]c(=O)c1[C@@H](CC(N)=O)c1ccc2ncccc2c1. The third-order valence-electron chi connectivity index (χ3n) is 4.31. The number of ether oxygens (including phenoxy) is 1. The average Bonchev–Trinajstić information content (AvgIpc) is 2.99. The lowest BCUT2D eigenvalue weighted by Gasteiger charge is -2.16. The first kappa shape index (κ1) is 18.4. The lowest BCUT2D eigenvalue weighted by atomic mass is 9.87. The van der Waals surface area contributed by atoms with Crippen molar-refractivity contribution in [2.75, 3.05) is 6.61 Å². The van der Waals surface area contributed by atoms with Gasteiger partial charge in [0.05, 0.1) is 24.2 Å². The number of H-pyrrole nitrogens is 2. The number of carbonyl (C=O) groups excluding carboxylic acids is 2. The number of carbonyl (C=O) groups is 2. The lowest BCUT2D eigenvalue weighted by molar-refractivity contribution is -0.142. The van der Waals surface area contributed by atoms with E-state index >= 15 is 0 Å². The van der Waals surface area contributed by atoms with Gasteiger partial charge in [-0.05, 0) is 30.7 Å². The molecule has 0 unspecified atom stereocenters. The zero-order chi connectivity index (χ0) is 19.4. The first-order valence-electron chi connectivity index (χ1n) is 8.57. The van der Waals surface area contributed by atoms with Gasteiger partial charge in [0.15, 0.2) is 0 Å². The molecule has 27 heavy (non-hydrogen) atoms. The van der Waals surface area contributed by atoms with Crippen molar-refractivity contribution in [3.63, 3.8) is 0 Å². The monoisotopic (exact) mass is 368 g/mol. The van der Waals surface area contributed by atoms with E-state index in [2.05, 4.69) is 15.2 Å². The number of amides is 1. The molecule has 0 spiro atoms. The van der Waals surface area contributed by atoms with E-state index in [1.807, 2.05) is 30.3 Å². The van der Waals surface area contributed by atoms with Crippen LogP contribution >= 0.6 is 0 Å². The maximum Gasteiger partial charge on any atom is 0.311 e. The quantitative estimate of drug-likeness (QED) is 0.542. The molecule has 3 rings (SSSR count). The Morgan fingerprint density at radius 3 is 2.81 bits per heavy atom. The van der Waals surface area contributed by atoms with Crippen LogP contribution in [0.3, 0.4) is 0 Å². The molecule has 0 fully saturated rings. The molecule has 1 aromatic carbocycles. The van der Waals surface area contributed by atoms with Crippen LogP contribution in [0, 0.1) is 0 Å². The zero-order valence-corrected chi connectivity index (χ0v) is 14.8. The molecule has 8 heteroatoms. The van der Waals surface area contributed by atoms with E-state index in [1.54, 1.807) is 13.1 Å². The van der Waals surface area contributed by atoms with Crippen molar-refractivity contribution in [1.82, 2.24) is 15.2 Å². The lowest BCUT2D eigenvalue weighted by Crippen LogP contribution is -2.21. The number of hydrogen-bond donors (Lipinski definition) is 3. The molecule has 3 aromatic rings. The second-order valence-corrected chi connectivity index (χ2v) is 6.13. The molecule has 0 saturated carbocycles. The third kappa shape index (κ3) is 4.05. The van der Waals surface area contributed by atoms with Crippen molar-refractivity contribution in [2.45, 2.75) is 25.7 Å². The Balaban J connectivity index is 2.07. The number of fused-ring (bicyclic) bond motifs is 1. The molecule has 0 aliphatic carbocycles. The smallest absolute Gasteiger partial charge is 0.311 e. The van der Waals surface area contributed by atoms with Gasteiger partial charge in [-0.2, -0.15) is 0 Å². The van der Waals surface area contributed by atoms with Crippen molar-refractivity contribution in [2.24, 2.45) is 5.73 Å². The topological polar surface area (TPSA) is 131 Å². The van der Waals surface area contributed by atoms with Crippen molar-refractivity contribution >= 4 is 22.8 Å². The summed E-state index contributed by atoms with van der Waals surface area (Å²) < 4.78 is 4.96. The van der Waals surface area contributed by atoms with E-state index in [1.165, 1.54) is 0 Å².